The Morgan fingerprint density at radius 2 is 1.73 bits per heavy atom. The number of thioether (sulfide) groups is 1. The Morgan fingerprint density at radius 3 is 2.45 bits per heavy atom. The van der Waals surface area contributed by atoms with Crippen LogP contribution in [0.5, 0.6) is 0 Å². The molecule has 5 nitrogen and oxygen atoms in total. The van der Waals surface area contributed by atoms with Crippen molar-refractivity contribution in [2.24, 2.45) is 0 Å². The minimum atomic E-state index is -0.243. The number of aryl methyl sites for hydroxylation is 1. The molecule has 0 saturated carbocycles. The van der Waals surface area contributed by atoms with Crippen LogP contribution in [0.15, 0.2) is 77.7 Å². The summed E-state index contributed by atoms with van der Waals surface area (Å²) in [5.74, 6) is 0.371. The highest BCUT2D eigenvalue weighted by molar-refractivity contribution is 7.98. The van der Waals surface area contributed by atoms with E-state index >= 15 is 0 Å². The zero-order valence-electron chi connectivity index (χ0n) is 18.7. The lowest BCUT2D eigenvalue weighted by Crippen LogP contribution is -2.32. The second-order valence-electron chi connectivity index (χ2n) is 8.14. The van der Waals surface area contributed by atoms with Gasteiger partial charge in [-0.25, -0.2) is 0 Å². The maximum atomic E-state index is 12.8. The van der Waals surface area contributed by atoms with Crippen molar-refractivity contribution in [1.82, 2.24) is 5.32 Å². The van der Waals surface area contributed by atoms with Gasteiger partial charge in [0, 0.05) is 29.4 Å². The molecular formula is C27H28N2O3S. The first-order chi connectivity index (χ1) is 16.1. The molecule has 0 aromatic heterocycles. The van der Waals surface area contributed by atoms with Gasteiger partial charge >= 0.3 is 0 Å². The summed E-state index contributed by atoms with van der Waals surface area (Å²) in [6.07, 6.45) is 2.05. The highest BCUT2D eigenvalue weighted by Gasteiger charge is 2.18. The Bertz CT molecular complexity index is 1090. The van der Waals surface area contributed by atoms with Crippen LogP contribution >= 0.6 is 11.8 Å². The van der Waals surface area contributed by atoms with E-state index in [9.17, 15) is 9.59 Å². The van der Waals surface area contributed by atoms with Gasteiger partial charge in [-0.15, -0.1) is 11.8 Å². The number of nitrogens with one attached hydrogen (secondary N) is 2. The fraction of sp³-hybridized carbons (Fsp3) is 0.259. The SMILES string of the molecule is Cc1ccc(SCc2ccc(C(=O)Nc3ccccc3C(=O)NC[C@H]3CCCO3)cc2)cc1. The van der Waals surface area contributed by atoms with Crippen molar-refractivity contribution < 1.29 is 14.3 Å². The number of benzene rings is 3. The molecule has 0 bridgehead atoms. The molecule has 0 radical (unpaired) electrons. The van der Waals surface area contributed by atoms with E-state index in [-0.39, 0.29) is 17.9 Å². The van der Waals surface area contributed by atoms with Gasteiger partial charge in [0.05, 0.1) is 17.4 Å². The number of hydrogen-bond acceptors (Lipinski definition) is 4. The zero-order chi connectivity index (χ0) is 23.0. The molecule has 1 heterocycles. The van der Waals surface area contributed by atoms with Gasteiger partial charge < -0.3 is 15.4 Å². The molecule has 1 aliphatic rings. The largest absolute Gasteiger partial charge is 0.376 e. The van der Waals surface area contributed by atoms with Crippen molar-refractivity contribution in [3.8, 4) is 0 Å². The summed E-state index contributed by atoms with van der Waals surface area (Å²) in [5, 5.41) is 5.80. The van der Waals surface area contributed by atoms with Gasteiger partial charge in [0.1, 0.15) is 0 Å². The maximum Gasteiger partial charge on any atom is 0.255 e. The summed E-state index contributed by atoms with van der Waals surface area (Å²) in [6, 6.07) is 23.1. The summed E-state index contributed by atoms with van der Waals surface area (Å²) in [7, 11) is 0. The van der Waals surface area contributed by atoms with E-state index in [1.165, 1.54) is 10.5 Å². The van der Waals surface area contributed by atoms with E-state index in [0.29, 0.717) is 23.4 Å². The molecule has 0 unspecified atom stereocenters. The standard InChI is InChI=1S/C27H28N2O3S/c1-19-8-14-23(15-9-19)33-18-20-10-12-21(13-11-20)26(30)29-25-7-3-2-6-24(25)27(31)28-17-22-5-4-16-32-22/h2-3,6-15,22H,4-5,16-18H2,1H3,(H,28,31)(H,29,30)/t22-/m1/s1. The van der Waals surface area contributed by atoms with E-state index in [4.69, 9.17) is 4.74 Å². The molecule has 1 saturated heterocycles. The Labute approximate surface area is 198 Å². The maximum absolute atomic E-state index is 12.8. The Hall–Kier alpha value is -3.09. The van der Waals surface area contributed by atoms with Crippen LogP contribution in [0.1, 0.15) is 44.7 Å². The lowest BCUT2D eigenvalue weighted by Gasteiger charge is -2.14. The summed E-state index contributed by atoms with van der Waals surface area (Å²) in [6.45, 7) is 3.30. The van der Waals surface area contributed by atoms with Crippen molar-refractivity contribution in [3.63, 3.8) is 0 Å². The van der Waals surface area contributed by atoms with Crippen LogP contribution in [-0.4, -0.2) is 31.1 Å². The van der Waals surface area contributed by atoms with Gasteiger partial charge in [0.25, 0.3) is 11.8 Å². The van der Waals surface area contributed by atoms with E-state index in [0.717, 1.165) is 30.8 Å². The van der Waals surface area contributed by atoms with Crippen LogP contribution in [0, 0.1) is 6.92 Å². The first-order valence-corrected chi connectivity index (χ1v) is 12.2. The van der Waals surface area contributed by atoms with Crippen LogP contribution in [0.4, 0.5) is 5.69 Å². The Kier molecular flexibility index (Phi) is 7.81. The lowest BCUT2D eigenvalue weighted by atomic mass is 10.1. The molecule has 0 aliphatic carbocycles. The summed E-state index contributed by atoms with van der Waals surface area (Å²) >= 11 is 1.76. The number of anilines is 1. The fourth-order valence-electron chi connectivity index (χ4n) is 3.65. The van der Waals surface area contributed by atoms with Crippen molar-refractivity contribution >= 4 is 29.3 Å². The molecule has 0 spiro atoms. The number of carbonyl (C=O) groups excluding carboxylic acids is 2. The van der Waals surface area contributed by atoms with E-state index in [1.54, 1.807) is 36.0 Å². The summed E-state index contributed by atoms with van der Waals surface area (Å²) in [5.41, 5.74) is 3.87. The minimum absolute atomic E-state index is 0.0680. The van der Waals surface area contributed by atoms with E-state index in [1.807, 2.05) is 24.3 Å². The molecule has 1 fully saturated rings. The van der Waals surface area contributed by atoms with Crippen LogP contribution in [0.3, 0.4) is 0 Å². The Balaban J connectivity index is 1.34. The second kappa shape index (κ2) is 11.2. The number of para-hydroxylation sites is 1. The normalized spacial score (nSPS) is 15.2. The topological polar surface area (TPSA) is 67.4 Å². The molecule has 2 N–H and O–H groups in total. The third kappa shape index (κ3) is 6.46. The molecular weight excluding hydrogens is 432 g/mol. The molecule has 1 aliphatic heterocycles. The third-order valence-electron chi connectivity index (χ3n) is 5.58. The van der Waals surface area contributed by atoms with Crippen LogP contribution < -0.4 is 10.6 Å². The zero-order valence-corrected chi connectivity index (χ0v) is 19.5. The highest BCUT2D eigenvalue weighted by atomic mass is 32.2. The van der Waals surface area contributed by atoms with E-state index in [2.05, 4.69) is 41.8 Å². The van der Waals surface area contributed by atoms with Crippen LogP contribution in [0.2, 0.25) is 0 Å². The van der Waals surface area contributed by atoms with Gasteiger partial charge in [0.15, 0.2) is 0 Å². The summed E-state index contributed by atoms with van der Waals surface area (Å²) < 4.78 is 5.56. The molecule has 3 aromatic rings. The van der Waals surface area contributed by atoms with Crippen molar-refractivity contribution in [2.75, 3.05) is 18.5 Å². The molecule has 33 heavy (non-hydrogen) atoms. The van der Waals surface area contributed by atoms with Gasteiger partial charge in [-0.3, -0.25) is 9.59 Å². The molecule has 2 amide bonds. The Morgan fingerprint density at radius 1 is 0.970 bits per heavy atom. The lowest BCUT2D eigenvalue weighted by molar-refractivity contribution is 0.0858. The first-order valence-electron chi connectivity index (χ1n) is 11.2. The van der Waals surface area contributed by atoms with Gasteiger partial charge in [-0.2, -0.15) is 0 Å². The fourth-order valence-corrected chi connectivity index (χ4v) is 4.50. The number of ether oxygens (including phenoxy) is 1. The number of amides is 2. The molecule has 170 valence electrons. The summed E-state index contributed by atoms with van der Waals surface area (Å²) in [4.78, 5) is 26.7. The van der Waals surface area contributed by atoms with E-state index < -0.39 is 0 Å². The average molecular weight is 461 g/mol. The van der Waals surface area contributed by atoms with Gasteiger partial charge in [0.2, 0.25) is 0 Å². The predicted molar refractivity (Wildman–Crippen MR) is 133 cm³/mol. The molecule has 4 rings (SSSR count). The third-order valence-corrected chi connectivity index (χ3v) is 6.66. The van der Waals surface area contributed by atoms with Crippen LogP contribution in [0.25, 0.3) is 0 Å². The quantitative estimate of drug-likeness (QED) is 0.439. The van der Waals surface area contributed by atoms with Gasteiger partial charge in [-0.1, -0.05) is 42.0 Å². The molecule has 6 heteroatoms. The highest BCUT2D eigenvalue weighted by Crippen LogP contribution is 2.23. The average Bonchev–Trinajstić information content (AvgIpc) is 3.37. The van der Waals surface area contributed by atoms with Crippen LogP contribution in [-0.2, 0) is 10.5 Å². The number of hydrogen-bond donors (Lipinski definition) is 2. The molecule has 1 atom stereocenters. The van der Waals surface area contributed by atoms with Gasteiger partial charge in [-0.05, 0) is 61.7 Å². The monoisotopic (exact) mass is 460 g/mol. The van der Waals surface area contributed by atoms with Crippen molar-refractivity contribution in [1.29, 1.82) is 0 Å². The number of carbonyl (C=O) groups is 2. The van der Waals surface area contributed by atoms with Crippen molar-refractivity contribution in [3.05, 3.63) is 95.1 Å². The predicted octanol–water partition coefficient (Wildman–Crippen LogP) is 5.45. The second-order valence-corrected chi connectivity index (χ2v) is 9.19. The number of rotatable bonds is 8. The first kappa shape index (κ1) is 23.1. The van der Waals surface area contributed by atoms with Crippen molar-refractivity contribution in [2.45, 2.75) is 36.5 Å². The molecule has 3 aromatic carbocycles. The smallest absolute Gasteiger partial charge is 0.255 e. The minimum Gasteiger partial charge on any atom is -0.376 e.